The molecule has 2 nitrogen and oxygen atoms in total. The second-order valence-corrected chi connectivity index (χ2v) is 5.04. The maximum Gasteiger partial charge on any atom is 0.0897 e. The first-order valence-corrected chi connectivity index (χ1v) is 6.17. The fourth-order valence-electron chi connectivity index (χ4n) is 2.43. The van der Waals surface area contributed by atoms with Gasteiger partial charge < -0.3 is 10.4 Å². The van der Waals surface area contributed by atoms with Crippen LogP contribution in [0, 0.1) is 0 Å². The molecule has 88 valence electrons. The van der Waals surface area contributed by atoms with Gasteiger partial charge in [-0.25, -0.2) is 0 Å². The zero-order valence-corrected chi connectivity index (χ0v) is 10.3. The third-order valence-electron chi connectivity index (χ3n) is 3.60. The number of nitrogens with one attached hydrogen (secondary N) is 1. The average molecular weight is 240 g/mol. The SMILES string of the molecule is CNC1CCC(O)(c2ccc(Cl)cc2)CC1. The Balaban J connectivity index is 2.11. The van der Waals surface area contributed by atoms with Crippen molar-refractivity contribution in [3.63, 3.8) is 0 Å². The fraction of sp³-hybridized carbons (Fsp3) is 0.538. The van der Waals surface area contributed by atoms with E-state index in [-0.39, 0.29) is 0 Å². The molecule has 0 aliphatic heterocycles. The molecule has 0 heterocycles. The second kappa shape index (κ2) is 4.74. The van der Waals surface area contributed by atoms with E-state index in [1.807, 2.05) is 31.3 Å². The van der Waals surface area contributed by atoms with E-state index >= 15 is 0 Å². The van der Waals surface area contributed by atoms with Gasteiger partial charge in [-0.05, 0) is 50.4 Å². The lowest BCUT2D eigenvalue weighted by Gasteiger charge is -2.36. The molecule has 1 aliphatic rings. The summed E-state index contributed by atoms with van der Waals surface area (Å²) in [6.07, 6.45) is 3.69. The van der Waals surface area contributed by atoms with Crippen molar-refractivity contribution in [2.45, 2.75) is 37.3 Å². The van der Waals surface area contributed by atoms with E-state index in [1.54, 1.807) is 0 Å². The van der Waals surface area contributed by atoms with Crippen LogP contribution in [0.1, 0.15) is 31.2 Å². The molecule has 2 N–H and O–H groups in total. The first-order chi connectivity index (χ1) is 7.64. The molecule has 2 rings (SSSR count). The standard InChI is InChI=1S/C13H18ClNO/c1-15-12-6-8-13(16,9-7-12)10-2-4-11(14)5-3-10/h2-5,12,15-16H,6-9H2,1H3. The van der Waals surface area contributed by atoms with Crippen LogP contribution in [0.3, 0.4) is 0 Å². The first-order valence-electron chi connectivity index (χ1n) is 5.80. The van der Waals surface area contributed by atoms with E-state index in [0.29, 0.717) is 6.04 Å². The molecular formula is C13H18ClNO. The van der Waals surface area contributed by atoms with Gasteiger partial charge >= 0.3 is 0 Å². The van der Waals surface area contributed by atoms with Crippen molar-refractivity contribution in [2.24, 2.45) is 0 Å². The van der Waals surface area contributed by atoms with E-state index in [1.165, 1.54) is 0 Å². The summed E-state index contributed by atoms with van der Waals surface area (Å²) in [6.45, 7) is 0. The smallest absolute Gasteiger partial charge is 0.0897 e. The van der Waals surface area contributed by atoms with Crippen LogP contribution >= 0.6 is 11.6 Å². The quantitative estimate of drug-likeness (QED) is 0.832. The number of benzene rings is 1. The molecule has 1 aromatic rings. The summed E-state index contributed by atoms with van der Waals surface area (Å²) in [4.78, 5) is 0. The number of hydrogen-bond acceptors (Lipinski definition) is 2. The monoisotopic (exact) mass is 239 g/mol. The van der Waals surface area contributed by atoms with Crippen LogP contribution in [0.4, 0.5) is 0 Å². The van der Waals surface area contributed by atoms with E-state index < -0.39 is 5.60 Å². The van der Waals surface area contributed by atoms with Gasteiger partial charge in [-0.15, -0.1) is 0 Å². The molecule has 0 radical (unpaired) electrons. The Bertz CT molecular complexity index is 341. The largest absolute Gasteiger partial charge is 0.385 e. The molecule has 1 aromatic carbocycles. The summed E-state index contributed by atoms with van der Waals surface area (Å²) < 4.78 is 0. The van der Waals surface area contributed by atoms with Gasteiger partial charge in [0, 0.05) is 11.1 Å². The Hall–Kier alpha value is -0.570. The van der Waals surface area contributed by atoms with Crippen molar-refractivity contribution < 1.29 is 5.11 Å². The normalized spacial score (nSPS) is 30.3. The van der Waals surface area contributed by atoms with Crippen molar-refractivity contribution in [1.82, 2.24) is 5.32 Å². The minimum atomic E-state index is -0.655. The molecule has 0 aromatic heterocycles. The lowest BCUT2D eigenvalue weighted by molar-refractivity contribution is -0.00762. The van der Waals surface area contributed by atoms with Crippen molar-refractivity contribution in [3.8, 4) is 0 Å². The number of rotatable bonds is 2. The first kappa shape index (κ1) is 11.9. The molecule has 1 fully saturated rings. The van der Waals surface area contributed by atoms with Gasteiger partial charge in [-0.2, -0.15) is 0 Å². The maximum atomic E-state index is 10.6. The fourth-order valence-corrected chi connectivity index (χ4v) is 2.56. The zero-order chi connectivity index (χ0) is 11.6. The molecular weight excluding hydrogens is 222 g/mol. The summed E-state index contributed by atoms with van der Waals surface area (Å²) in [7, 11) is 1.98. The van der Waals surface area contributed by atoms with Crippen molar-refractivity contribution >= 4 is 11.6 Å². The summed E-state index contributed by atoms with van der Waals surface area (Å²) in [5.74, 6) is 0. The van der Waals surface area contributed by atoms with Gasteiger partial charge in [-0.1, -0.05) is 23.7 Å². The van der Waals surface area contributed by atoms with Gasteiger partial charge in [0.1, 0.15) is 0 Å². The van der Waals surface area contributed by atoms with Crippen molar-refractivity contribution in [1.29, 1.82) is 0 Å². The summed E-state index contributed by atoms with van der Waals surface area (Å²) in [6, 6.07) is 8.11. The number of aliphatic hydroxyl groups is 1. The van der Waals surface area contributed by atoms with Gasteiger partial charge in [0.25, 0.3) is 0 Å². The van der Waals surface area contributed by atoms with E-state index in [2.05, 4.69) is 5.32 Å². The topological polar surface area (TPSA) is 32.3 Å². The third kappa shape index (κ3) is 2.40. The number of halogens is 1. The molecule has 1 saturated carbocycles. The van der Waals surface area contributed by atoms with E-state index in [4.69, 9.17) is 11.6 Å². The molecule has 3 heteroatoms. The van der Waals surface area contributed by atoms with Crippen LogP contribution in [0.5, 0.6) is 0 Å². The van der Waals surface area contributed by atoms with Crippen molar-refractivity contribution in [3.05, 3.63) is 34.9 Å². The van der Waals surface area contributed by atoms with Gasteiger partial charge in [-0.3, -0.25) is 0 Å². The van der Waals surface area contributed by atoms with Crippen LogP contribution in [0.25, 0.3) is 0 Å². The predicted octanol–water partition coefficient (Wildman–Crippen LogP) is 2.69. The van der Waals surface area contributed by atoms with Crippen LogP contribution in [0.15, 0.2) is 24.3 Å². The van der Waals surface area contributed by atoms with Crippen molar-refractivity contribution in [2.75, 3.05) is 7.05 Å². The Morgan fingerprint density at radius 3 is 2.31 bits per heavy atom. The summed E-state index contributed by atoms with van der Waals surface area (Å²) in [5.41, 5.74) is 0.337. The Morgan fingerprint density at radius 2 is 1.81 bits per heavy atom. The predicted molar refractivity (Wildman–Crippen MR) is 66.7 cm³/mol. The zero-order valence-electron chi connectivity index (χ0n) is 9.54. The molecule has 0 saturated heterocycles. The van der Waals surface area contributed by atoms with Crippen LogP contribution < -0.4 is 5.32 Å². The number of hydrogen-bond donors (Lipinski definition) is 2. The lowest BCUT2D eigenvalue weighted by atomic mass is 9.78. The van der Waals surface area contributed by atoms with Crippen LogP contribution in [0.2, 0.25) is 5.02 Å². The summed E-state index contributed by atoms with van der Waals surface area (Å²) in [5, 5.41) is 14.6. The Morgan fingerprint density at radius 1 is 1.25 bits per heavy atom. The maximum absolute atomic E-state index is 10.6. The third-order valence-corrected chi connectivity index (χ3v) is 3.85. The lowest BCUT2D eigenvalue weighted by Crippen LogP contribution is -2.38. The minimum Gasteiger partial charge on any atom is -0.385 e. The highest BCUT2D eigenvalue weighted by Gasteiger charge is 2.34. The van der Waals surface area contributed by atoms with Crippen LogP contribution in [-0.2, 0) is 5.60 Å². The molecule has 1 aliphatic carbocycles. The van der Waals surface area contributed by atoms with Gasteiger partial charge in [0.15, 0.2) is 0 Å². The molecule has 16 heavy (non-hydrogen) atoms. The van der Waals surface area contributed by atoms with E-state index in [0.717, 1.165) is 36.3 Å². The molecule has 0 atom stereocenters. The highest BCUT2D eigenvalue weighted by Crippen LogP contribution is 2.37. The Kier molecular flexibility index (Phi) is 3.53. The molecule has 0 amide bonds. The van der Waals surface area contributed by atoms with Crippen LogP contribution in [-0.4, -0.2) is 18.2 Å². The average Bonchev–Trinajstić information content (AvgIpc) is 2.31. The highest BCUT2D eigenvalue weighted by atomic mass is 35.5. The van der Waals surface area contributed by atoms with Gasteiger partial charge in [0.05, 0.1) is 5.60 Å². The molecule has 0 unspecified atom stereocenters. The van der Waals surface area contributed by atoms with E-state index in [9.17, 15) is 5.11 Å². The molecule has 0 bridgehead atoms. The summed E-state index contributed by atoms with van der Waals surface area (Å²) >= 11 is 5.85. The molecule has 0 spiro atoms. The minimum absolute atomic E-state index is 0.549. The Labute approximate surface area is 102 Å². The van der Waals surface area contributed by atoms with Gasteiger partial charge in [0.2, 0.25) is 0 Å². The second-order valence-electron chi connectivity index (χ2n) is 4.60. The highest BCUT2D eigenvalue weighted by molar-refractivity contribution is 6.30.